The van der Waals surface area contributed by atoms with Gasteiger partial charge < -0.3 is 4.74 Å². The molecule has 0 fully saturated rings. The molecule has 0 spiro atoms. The summed E-state index contributed by atoms with van der Waals surface area (Å²) in [5.41, 5.74) is 0. The standard InChI is InChI=1S/C22H16F26O/c1-5-9(13(29,30)17(37,38)21(45,46)19(41,42)15(33,34)11(25,26)7(3)23)49-10(6-2)14(31,32)18(39,40)22(47,48)20(43,44)16(35,36)12(27,28)8(4)24/h5-10H,1-2H2,3-4H3. The van der Waals surface area contributed by atoms with Gasteiger partial charge in [0.15, 0.2) is 12.3 Å². The Balaban J connectivity index is 7.21. The summed E-state index contributed by atoms with van der Waals surface area (Å²) >= 11 is 0. The van der Waals surface area contributed by atoms with E-state index in [4.69, 9.17) is 0 Å². The Kier molecular flexibility index (Phi) is 12.1. The third-order valence-electron chi connectivity index (χ3n) is 6.48. The summed E-state index contributed by atoms with van der Waals surface area (Å²) in [6.45, 7) is 2.39. The zero-order valence-corrected chi connectivity index (χ0v) is 23.1. The van der Waals surface area contributed by atoms with Crippen molar-refractivity contribution in [2.24, 2.45) is 0 Å². The number of hydrogen-bond acceptors (Lipinski definition) is 1. The molecule has 0 aromatic rings. The van der Waals surface area contributed by atoms with Gasteiger partial charge in [-0.2, -0.15) is 105 Å². The van der Waals surface area contributed by atoms with E-state index in [1.165, 1.54) is 0 Å². The van der Waals surface area contributed by atoms with Crippen molar-refractivity contribution >= 4 is 0 Å². The zero-order chi connectivity index (χ0) is 40.4. The van der Waals surface area contributed by atoms with Gasteiger partial charge in [0.25, 0.3) is 0 Å². The van der Waals surface area contributed by atoms with Crippen molar-refractivity contribution in [1.29, 1.82) is 0 Å². The third kappa shape index (κ3) is 6.07. The topological polar surface area (TPSA) is 9.23 Å². The molecule has 0 aliphatic rings. The molecule has 4 unspecified atom stereocenters. The average Bonchev–Trinajstić information content (AvgIpc) is 2.91. The highest BCUT2D eigenvalue weighted by Gasteiger charge is 2.93. The number of hydrogen-bond donors (Lipinski definition) is 0. The van der Waals surface area contributed by atoms with Crippen LogP contribution in [-0.4, -0.2) is 95.6 Å². The first-order chi connectivity index (χ1) is 21.0. The molecule has 0 aliphatic heterocycles. The van der Waals surface area contributed by atoms with Crippen LogP contribution in [0.1, 0.15) is 13.8 Å². The zero-order valence-electron chi connectivity index (χ0n) is 23.1. The van der Waals surface area contributed by atoms with E-state index in [-0.39, 0.29) is 0 Å². The molecule has 0 aromatic heterocycles. The minimum Gasteiger partial charge on any atom is -0.354 e. The van der Waals surface area contributed by atoms with E-state index in [9.17, 15) is 114 Å². The molecule has 1 nitrogen and oxygen atoms in total. The number of rotatable bonds is 18. The predicted molar refractivity (Wildman–Crippen MR) is 110 cm³/mol. The second-order valence-electron chi connectivity index (χ2n) is 9.77. The van der Waals surface area contributed by atoms with Crippen molar-refractivity contribution in [2.75, 3.05) is 0 Å². The molecule has 0 aromatic carbocycles. The summed E-state index contributed by atoms with van der Waals surface area (Å²) in [6, 6.07) is 0. The van der Waals surface area contributed by atoms with Gasteiger partial charge in [0.1, 0.15) is 12.2 Å². The smallest absolute Gasteiger partial charge is 0.354 e. The lowest BCUT2D eigenvalue weighted by Crippen LogP contribution is -2.74. The van der Waals surface area contributed by atoms with E-state index in [1.54, 1.807) is 0 Å². The van der Waals surface area contributed by atoms with Crippen LogP contribution in [-0.2, 0) is 4.74 Å². The Morgan fingerprint density at radius 1 is 0.347 bits per heavy atom. The van der Waals surface area contributed by atoms with Crippen LogP contribution in [0.4, 0.5) is 114 Å². The van der Waals surface area contributed by atoms with E-state index in [1.807, 2.05) is 13.2 Å². The molecule has 0 amide bonds. The fraction of sp³-hybridized carbons (Fsp3) is 0.818. The molecule has 0 saturated carbocycles. The van der Waals surface area contributed by atoms with Crippen molar-refractivity contribution in [2.45, 2.75) is 109 Å². The van der Waals surface area contributed by atoms with E-state index >= 15 is 0 Å². The lowest BCUT2D eigenvalue weighted by molar-refractivity contribution is -0.441. The Bertz CT molecular complexity index is 1090. The first-order valence-electron chi connectivity index (χ1n) is 11.7. The largest absolute Gasteiger partial charge is 0.384 e. The highest BCUT2D eigenvalue weighted by Crippen LogP contribution is 2.63. The number of ether oxygens (including phenoxy) is 1. The molecule has 0 rings (SSSR count). The quantitative estimate of drug-likeness (QED) is 0.0993. The molecule has 0 aliphatic carbocycles. The summed E-state index contributed by atoms with van der Waals surface area (Å²) in [6.07, 6.45) is -22.2. The Labute approximate surface area is 254 Å². The molecule has 0 radical (unpaired) electrons. The Morgan fingerprint density at radius 3 is 0.653 bits per heavy atom. The molecule has 27 heteroatoms. The first-order valence-corrected chi connectivity index (χ1v) is 11.7. The van der Waals surface area contributed by atoms with Gasteiger partial charge >= 0.3 is 71.1 Å². The van der Waals surface area contributed by atoms with Crippen LogP contribution in [0.15, 0.2) is 25.3 Å². The Morgan fingerprint density at radius 2 is 0.510 bits per heavy atom. The maximum Gasteiger partial charge on any atom is 0.384 e. The van der Waals surface area contributed by atoms with Gasteiger partial charge in [0.2, 0.25) is 0 Å². The Hall–Kier alpha value is -2.38. The van der Waals surface area contributed by atoms with Gasteiger partial charge in [-0.25, -0.2) is 8.78 Å². The van der Waals surface area contributed by atoms with Crippen molar-refractivity contribution in [3.8, 4) is 0 Å². The third-order valence-corrected chi connectivity index (χ3v) is 6.48. The van der Waals surface area contributed by atoms with E-state index < -0.39 is 122 Å². The molecule has 0 N–H and O–H groups in total. The maximum absolute atomic E-state index is 14.5. The van der Waals surface area contributed by atoms with Crippen LogP contribution in [0.2, 0.25) is 0 Å². The SMILES string of the molecule is C=CC(OC(C=C)C(F)(F)C(F)(F)C(F)(F)C(F)(F)C(F)(F)C(F)(F)C(C)F)C(F)(F)C(F)(F)C(F)(F)C(F)(F)C(F)(F)C(F)(F)C(C)F. The lowest BCUT2D eigenvalue weighted by Gasteiger charge is -2.44. The minimum absolute atomic E-state index is 0.754. The van der Waals surface area contributed by atoms with E-state index in [2.05, 4.69) is 4.74 Å². The van der Waals surface area contributed by atoms with Crippen LogP contribution in [0.3, 0.4) is 0 Å². The second kappa shape index (κ2) is 12.7. The van der Waals surface area contributed by atoms with Gasteiger partial charge in [-0.3, -0.25) is 0 Å². The first kappa shape index (κ1) is 46.6. The van der Waals surface area contributed by atoms with Gasteiger partial charge in [0.05, 0.1) is 0 Å². The normalized spacial score (nSPS) is 18.5. The van der Waals surface area contributed by atoms with Gasteiger partial charge in [0, 0.05) is 0 Å². The van der Waals surface area contributed by atoms with Gasteiger partial charge in [-0.05, 0) is 13.8 Å². The van der Waals surface area contributed by atoms with E-state index in [0.717, 1.165) is 0 Å². The molecule has 292 valence electrons. The monoisotopic (exact) mass is 790 g/mol. The van der Waals surface area contributed by atoms with Gasteiger partial charge in [-0.1, -0.05) is 12.2 Å². The van der Waals surface area contributed by atoms with Crippen LogP contribution < -0.4 is 0 Å². The fourth-order valence-corrected chi connectivity index (χ4v) is 3.22. The summed E-state index contributed by atoms with van der Waals surface area (Å²) in [7, 11) is 0. The van der Waals surface area contributed by atoms with Crippen molar-refractivity contribution in [3.63, 3.8) is 0 Å². The molecule has 0 bridgehead atoms. The predicted octanol–water partition coefficient (Wildman–Crippen LogP) is 10.5. The molecular formula is C22H16F26O. The molecule has 0 saturated heterocycles. The maximum atomic E-state index is 14.5. The van der Waals surface area contributed by atoms with Gasteiger partial charge in [-0.15, -0.1) is 13.2 Å². The number of alkyl halides is 26. The van der Waals surface area contributed by atoms with Crippen molar-refractivity contribution in [1.82, 2.24) is 0 Å². The van der Waals surface area contributed by atoms with Crippen LogP contribution >= 0.6 is 0 Å². The molecule has 4 atom stereocenters. The van der Waals surface area contributed by atoms with Crippen molar-refractivity contribution in [3.05, 3.63) is 25.3 Å². The minimum atomic E-state index is -8.62. The number of halogens is 26. The molecule has 0 heterocycles. The summed E-state index contributed by atoms with van der Waals surface area (Å²) in [5.74, 6) is -96.7. The van der Waals surface area contributed by atoms with Crippen LogP contribution in [0, 0.1) is 0 Å². The summed E-state index contributed by atoms with van der Waals surface area (Å²) < 4.78 is 362. The fourth-order valence-electron chi connectivity index (χ4n) is 3.22. The second-order valence-corrected chi connectivity index (χ2v) is 9.77. The molecular weight excluding hydrogens is 774 g/mol. The average molecular weight is 790 g/mol. The lowest BCUT2D eigenvalue weighted by atomic mass is 9.87. The molecule has 49 heavy (non-hydrogen) atoms. The highest BCUT2D eigenvalue weighted by molar-refractivity contribution is 5.18. The van der Waals surface area contributed by atoms with E-state index in [0.29, 0.717) is 0 Å². The van der Waals surface area contributed by atoms with Crippen LogP contribution in [0.25, 0.3) is 0 Å². The van der Waals surface area contributed by atoms with Crippen LogP contribution in [0.5, 0.6) is 0 Å². The van der Waals surface area contributed by atoms with Crippen molar-refractivity contribution < 1.29 is 119 Å². The summed E-state index contributed by atoms with van der Waals surface area (Å²) in [5, 5.41) is 0. The highest BCUT2D eigenvalue weighted by atomic mass is 19.4. The summed E-state index contributed by atoms with van der Waals surface area (Å²) in [4.78, 5) is 0.